The van der Waals surface area contributed by atoms with E-state index in [1.54, 1.807) is 6.20 Å². The lowest BCUT2D eigenvalue weighted by Gasteiger charge is -2.10. The highest BCUT2D eigenvalue weighted by atomic mass is 16.1. The Balaban J connectivity index is 0.00000180. The van der Waals surface area contributed by atoms with Crippen LogP contribution in [0.4, 0.5) is 11.6 Å². The van der Waals surface area contributed by atoms with Gasteiger partial charge < -0.3 is 15.2 Å². The first kappa shape index (κ1) is 21.4. The molecular formula is C28H29N5O. The Kier molecular flexibility index (Phi) is 6.03. The Bertz CT molecular complexity index is 1450. The van der Waals surface area contributed by atoms with Crippen LogP contribution in [0.1, 0.15) is 14.0 Å². The number of nitrogens with one attached hydrogen (secondary N) is 2. The van der Waals surface area contributed by atoms with E-state index in [0.29, 0.717) is 12.5 Å². The third-order valence-electron chi connectivity index (χ3n) is 5.67. The summed E-state index contributed by atoms with van der Waals surface area (Å²) in [5.74, 6) is 0.512. The summed E-state index contributed by atoms with van der Waals surface area (Å²) in [6, 6.07) is 28.0. The molecule has 172 valence electrons. The first-order valence-electron chi connectivity index (χ1n) is 11.2. The fourth-order valence-corrected chi connectivity index (χ4v) is 4.01. The van der Waals surface area contributed by atoms with Gasteiger partial charge in [-0.3, -0.25) is 4.79 Å². The van der Waals surface area contributed by atoms with Crippen molar-refractivity contribution in [2.75, 3.05) is 5.32 Å². The van der Waals surface area contributed by atoms with E-state index in [0.717, 1.165) is 33.4 Å². The summed E-state index contributed by atoms with van der Waals surface area (Å²) in [5, 5.41) is 7.32. The van der Waals surface area contributed by atoms with Crippen LogP contribution in [0.15, 0.2) is 97.3 Å². The van der Waals surface area contributed by atoms with Gasteiger partial charge in [-0.15, -0.1) is 0 Å². The number of carbonyl (C=O) groups is 1. The molecule has 0 fully saturated rings. The molecule has 3 aromatic carbocycles. The Morgan fingerprint density at radius 1 is 0.971 bits per heavy atom. The molecule has 2 aromatic heterocycles. The fraction of sp³-hybridized carbons (Fsp3) is 0.107. The van der Waals surface area contributed by atoms with Crippen molar-refractivity contribution in [2.24, 2.45) is 0 Å². The van der Waals surface area contributed by atoms with Crippen molar-refractivity contribution in [1.82, 2.24) is 19.9 Å². The van der Waals surface area contributed by atoms with Crippen molar-refractivity contribution in [3.8, 4) is 11.3 Å². The van der Waals surface area contributed by atoms with E-state index in [1.807, 2.05) is 83.6 Å². The largest absolute Gasteiger partial charge is 0.350 e. The summed E-state index contributed by atoms with van der Waals surface area (Å²) in [7, 11) is 0. The zero-order chi connectivity index (χ0) is 23.3. The molecule has 2 heterocycles. The standard InChI is InChI=1S/C28H25N5O.2H2/c1-20-7-5-10-22(17-20)31-28-29-15-13-25(32-28)23-11-6-12-26-24(23)14-16-33(26)19-27(34)30-18-21-8-3-2-4-9-21;;/h2-17H,18-19H2,1H3,(H,30,34)(H,29,31,32);2*1H. The second kappa shape index (κ2) is 9.58. The van der Waals surface area contributed by atoms with E-state index in [1.165, 1.54) is 5.56 Å². The van der Waals surface area contributed by atoms with Crippen molar-refractivity contribution in [2.45, 2.75) is 20.0 Å². The quantitative estimate of drug-likeness (QED) is 0.320. The van der Waals surface area contributed by atoms with Crippen molar-refractivity contribution in [3.63, 3.8) is 0 Å². The number of nitrogens with zero attached hydrogens (tertiary/aromatic N) is 3. The molecule has 6 heteroatoms. The van der Waals surface area contributed by atoms with Crippen LogP contribution >= 0.6 is 0 Å². The molecule has 0 aliphatic heterocycles. The summed E-state index contributed by atoms with van der Waals surface area (Å²) >= 11 is 0. The van der Waals surface area contributed by atoms with E-state index in [9.17, 15) is 4.79 Å². The molecule has 0 aliphatic rings. The number of fused-ring (bicyclic) bond motifs is 1. The smallest absolute Gasteiger partial charge is 0.240 e. The maximum atomic E-state index is 12.6. The molecule has 0 spiro atoms. The summed E-state index contributed by atoms with van der Waals surface area (Å²) in [5.41, 5.74) is 5.99. The molecule has 0 aliphatic carbocycles. The van der Waals surface area contributed by atoms with Gasteiger partial charge in [0, 0.05) is 43.9 Å². The molecule has 5 aromatic rings. The van der Waals surface area contributed by atoms with Gasteiger partial charge in [-0.25, -0.2) is 9.97 Å². The Morgan fingerprint density at radius 3 is 2.68 bits per heavy atom. The van der Waals surface area contributed by atoms with E-state index in [4.69, 9.17) is 4.98 Å². The summed E-state index contributed by atoms with van der Waals surface area (Å²) in [6.07, 6.45) is 3.71. The van der Waals surface area contributed by atoms with E-state index >= 15 is 0 Å². The van der Waals surface area contributed by atoms with Gasteiger partial charge in [-0.2, -0.15) is 0 Å². The number of aryl methyl sites for hydroxylation is 1. The normalized spacial score (nSPS) is 10.9. The van der Waals surface area contributed by atoms with Crippen molar-refractivity contribution in [1.29, 1.82) is 0 Å². The maximum absolute atomic E-state index is 12.6. The lowest BCUT2D eigenvalue weighted by Crippen LogP contribution is -2.26. The molecule has 0 bridgehead atoms. The van der Waals surface area contributed by atoms with Crippen molar-refractivity contribution < 1.29 is 7.65 Å². The van der Waals surface area contributed by atoms with E-state index in [-0.39, 0.29) is 15.3 Å². The molecule has 0 saturated carbocycles. The number of amides is 1. The number of hydrogen-bond acceptors (Lipinski definition) is 4. The minimum Gasteiger partial charge on any atom is -0.350 e. The maximum Gasteiger partial charge on any atom is 0.240 e. The number of hydrogen-bond donors (Lipinski definition) is 2. The molecule has 1 amide bonds. The topological polar surface area (TPSA) is 71.8 Å². The minimum absolute atomic E-state index is 0. The van der Waals surface area contributed by atoms with Crippen LogP contribution in [0, 0.1) is 6.92 Å². The highest BCUT2D eigenvalue weighted by Crippen LogP contribution is 2.29. The lowest BCUT2D eigenvalue weighted by atomic mass is 10.1. The lowest BCUT2D eigenvalue weighted by molar-refractivity contribution is -0.121. The van der Waals surface area contributed by atoms with Gasteiger partial charge in [0.05, 0.1) is 5.69 Å². The van der Waals surface area contributed by atoms with Crippen LogP contribution in [0.25, 0.3) is 22.2 Å². The number of carbonyl (C=O) groups excluding carboxylic acids is 1. The van der Waals surface area contributed by atoms with Crippen LogP contribution in [-0.2, 0) is 17.9 Å². The molecule has 0 unspecified atom stereocenters. The third-order valence-corrected chi connectivity index (χ3v) is 5.67. The van der Waals surface area contributed by atoms with Gasteiger partial charge in [0.2, 0.25) is 11.9 Å². The van der Waals surface area contributed by atoms with E-state index < -0.39 is 0 Å². The van der Waals surface area contributed by atoms with Crippen molar-refractivity contribution in [3.05, 3.63) is 108 Å². The van der Waals surface area contributed by atoms with Gasteiger partial charge in [-0.05, 0) is 48.4 Å². The van der Waals surface area contributed by atoms with Crippen LogP contribution in [0.3, 0.4) is 0 Å². The van der Waals surface area contributed by atoms with Gasteiger partial charge in [0.25, 0.3) is 0 Å². The molecular weight excluding hydrogens is 422 g/mol. The summed E-state index contributed by atoms with van der Waals surface area (Å²) in [6.45, 7) is 2.82. The Labute approximate surface area is 201 Å². The second-order valence-electron chi connectivity index (χ2n) is 8.20. The molecule has 0 saturated heterocycles. The highest BCUT2D eigenvalue weighted by Gasteiger charge is 2.12. The molecule has 6 nitrogen and oxygen atoms in total. The van der Waals surface area contributed by atoms with Crippen molar-refractivity contribution >= 4 is 28.4 Å². The van der Waals surface area contributed by atoms with Crippen LogP contribution in [-0.4, -0.2) is 20.4 Å². The van der Waals surface area contributed by atoms with Gasteiger partial charge >= 0.3 is 0 Å². The molecule has 0 atom stereocenters. The Hall–Kier alpha value is -4.45. The first-order chi connectivity index (χ1) is 16.7. The number of anilines is 2. The highest BCUT2D eigenvalue weighted by molar-refractivity contribution is 5.95. The average Bonchev–Trinajstić information content (AvgIpc) is 3.26. The second-order valence-corrected chi connectivity index (χ2v) is 8.20. The number of benzene rings is 3. The molecule has 2 N–H and O–H groups in total. The van der Waals surface area contributed by atoms with Gasteiger partial charge in [0.15, 0.2) is 0 Å². The zero-order valence-corrected chi connectivity index (χ0v) is 18.9. The average molecular weight is 452 g/mol. The Morgan fingerprint density at radius 2 is 1.82 bits per heavy atom. The SMILES string of the molecule is Cc1cccc(Nc2nccc(-c3cccc4c3ccn4CC(=O)NCc3ccccc3)n2)c1.[HH].[HH]. The van der Waals surface area contributed by atoms with E-state index in [2.05, 4.69) is 34.7 Å². The monoisotopic (exact) mass is 451 g/mol. The summed E-state index contributed by atoms with van der Waals surface area (Å²) < 4.78 is 1.96. The fourth-order valence-electron chi connectivity index (χ4n) is 4.01. The van der Waals surface area contributed by atoms with Crippen LogP contribution in [0.5, 0.6) is 0 Å². The van der Waals surface area contributed by atoms with Crippen LogP contribution < -0.4 is 10.6 Å². The molecule has 0 radical (unpaired) electrons. The molecule has 5 rings (SSSR count). The minimum atomic E-state index is -0.0292. The predicted molar refractivity (Wildman–Crippen MR) is 140 cm³/mol. The van der Waals surface area contributed by atoms with Gasteiger partial charge in [-0.1, -0.05) is 54.6 Å². The summed E-state index contributed by atoms with van der Waals surface area (Å²) in [4.78, 5) is 21.7. The van der Waals surface area contributed by atoms with Crippen LogP contribution in [0.2, 0.25) is 0 Å². The van der Waals surface area contributed by atoms with Gasteiger partial charge in [0.1, 0.15) is 6.54 Å². The molecule has 34 heavy (non-hydrogen) atoms. The predicted octanol–water partition coefficient (Wildman–Crippen LogP) is 5.96. The number of aromatic nitrogens is 3. The zero-order valence-electron chi connectivity index (χ0n) is 18.9. The first-order valence-corrected chi connectivity index (χ1v) is 11.2. The third kappa shape index (κ3) is 4.81. The number of rotatable bonds is 7.